The van der Waals surface area contributed by atoms with Gasteiger partial charge < -0.3 is 10.1 Å². The van der Waals surface area contributed by atoms with Gasteiger partial charge in [-0.1, -0.05) is 29.8 Å². The highest BCUT2D eigenvalue weighted by Gasteiger charge is 2.03. The maximum Gasteiger partial charge on any atom is 0.124 e. The zero-order valence-electron chi connectivity index (χ0n) is 9.57. The number of halogens is 1. The maximum absolute atomic E-state index is 5.88. The number of nitrogens with one attached hydrogen (secondary N) is 1. The lowest BCUT2D eigenvalue weighted by Crippen LogP contribution is -2.07. The van der Waals surface area contributed by atoms with Gasteiger partial charge in [0.15, 0.2) is 0 Å². The van der Waals surface area contributed by atoms with Crippen molar-refractivity contribution in [3.05, 3.63) is 51.2 Å². The molecule has 0 saturated carbocycles. The first-order valence-electron chi connectivity index (χ1n) is 5.39. The van der Waals surface area contributed by atoms with Crippen molar-refractivity contribution in [2.45, 2.75) is 13.2 Å². The second kappa shape index (κ2) is 6.05. The van der Waals surface area contributed by atoms with E-state index >= 15 is 0 Å². The number of hydrogen-bond donors (Lipinski definition) is 1. The maximum atomic E-state index is 5.88. The van der Waals surface area contributed by atoms with Crippen molar-refractivity contribution in [2.75, 3.05) is 7.05 Å². The van der Waals surface area contributed by atoms with E-state index in [1.165, 1.54) is 0 Å². The summed E-state index contributed by atoms with van der Waals surface area (Å²) in [5.74, 6) is 0.923. The van der Waals surface area contributed by atoms with Crippen molar-refractivity contribution >= 4 is 22.9 Å². The molecule has 0 bridgehead atoms. The van der Waals surface area contributed by atoms with Gasteiger partial charge in [-0.25, -0.2) is 0 Å². The molecule has 2 nitrogen and oxygen atoms in total. The first-order valence-corrected chi connectivity index (χ1v) is 6.58. The molecule has 0 spiro atoms. The Bertz CT molecular complexity index is 484. The fraction of sp³-hybridized carbons (Fsp3) is 0.231. The topological polar surface area (TPSA) is 21.3 Å². The van der Waals surface area contributed by atoms with E-state index in [0.29, 0.717) is 6.61 Å². The van der Waals surface area contributed by atoms with Gasteiger partial charge in [-0.3, -0.25) is 0 Å². The van der Waals surface area contributed by atoms with Crippen LogP contribution in [0.4, 0.5) is 0 Å². The van der Waals surface area contributed by atoms with Crippen molar-refractivity contribution in [1.82, 2.24) is 5.32 Å². The van der Waals surface area contributed by atoms with Crippen molar-refractivity contribution in [3.63, 3.8) is 0 Å². The second-order valence-corrected chi connectivity index (χ2v) is 5.43. The van der Waals surface area contributed by atoms with Crippen LogP contribution in [-0.2, 0) is 13.2 Å². The van der Waals surface area contributed by atoms with Crippen LogP contribution in [0.2, 0.25) is 4.34 Å². The lowest BCUT2D eigenvalue weighted by atomic mass is 10.2. The van der Waals surface area contributed by atoms with Crippen molar-refractivity contribution in [2.24, 2.45) is 0 Å². The van der Waals surface area contributed by atoms with E-state index in [2.05, 4.69) is 11.4 Å². The SMILES string of the molecule is CNCc1ccccc1OCc1ccc(Cl)s1. The van der Waals surface area contributed by atoms with Crippen LogP contribution in [0.3, 0.4) is 0 Å². The summed E-state index contributed by atoms with van der Waals surface area (Å²) in [5, 5.41) is 3.13. The molecule has 2 rings (SSSR count). The third-order valence-electron chi connectivity index (χ3n) is 2.34. The molecule has 1 aromatic carbocycles. The molecular weight excluding hydrogens is 254 g/mol. The smallest absolute Gasteiger partial charge is 0.124 e. The lowest BCUT2D eigenvalue weighted by Gasteiger charge is -2.10. The molecule has 4 heteroatoms. The van der Waals surface area contributed by atoms with Crippen molar-refractivity contribution in [3.8, 4) is 5.75 Å². The largest absolute Gasteiger partial charge is 0.488 e. The molecule has 0 saturated heterocycles. The van der Waals surface area contributed by atoms with Crippen molar-refractivity contribution in [1.29, 1.82) is 0 Å². The Hall–Kier alpha value is -1.03. The summed E-state index contributed by atoms with van der Waals surface area (Å²) >= 11 is 7.43. The minimum atomic E-state index is 0.568. The van der Waals surface area contributed by atoms with Gasteiger partial charge in [0.25, 0.3) is 0 Å². The summed E-state index contributed by atoms with van der Waals surface area (Å²) in [7, 11) is 1.93. The van der Waals surface area contributed by atoms with Gasteiger partial charge in [-0.15, -0.1) is 11.3 Å². The minimum Gasteiger partial charge on any atom is -0.488 e. The summed E-state index contributed by atoms with van der Waals surface area (Å²) in [6.45, 7) is 1.37. The monoisotopic (exact) mass is 267 g/mol. The quantitative estimate of drug-likeness (QED) is 0.892. The Morgan fingerprint density at radius 1 is 1.24 bits per heavy atom. The fourth-order valence-corrected chi connectivity index (χ4v) is 2.56. The van der Waals surface area contributed by atoms with Gasteiger partial charge in [0.1, 0.15) is 12.4 Å². The van der Waals surface area contributed by atoms with Gasteiger partial charge in [0.05, 0.1) is 4.34 Å². The Morgan fingerprint density at radius 2 is 2.06 bits per heavy atom. The molecule has 0 aliphatic rings. The fourth-order valence-electron chi connectivity index (χ4n) is 1.56. The minimum absolute atomic E-state index is 0.568. The standard InChI is InChI=1S/C13H14ClNOS/c1-15-8-10-4-2-3-5-12(10)16-9-11-6-7-13(14)17-11/h2-7,15H,8-9H2,1H3. The van der Waals surface area contributed by atoms with Crippen LogP contribution < -0.4 is 10.1 Å². The van der Waals surface area contributed by atoms with Crippen LogP contribution in [-0.4, -0.2) is 7.05 Å². The molecule has 17 heavy (non-hydrogen) atoms. The van der Waals surface area contributed by atoms with E-state index in [1.54, 1.807) is 11.3 Å². The lowest BCUT2D eigenvalue weighted by molar-refractivity contribution is 0.306. The molecule has 0 radical (unpaired) electrons. The number of thiophene rings is 1. The third-order valence-corrected chi connectivity index (χ3v) is 3.54. The highest BCUT2D eigenvalue weighted by molar-refractivity contribution is 7.16. The second-order valence-electron chi connectivity index (χ2n) is 3.63. The molecule has 1 N–H and O–H groups in total. The Morgan fingerprint density at radius 3 is 2.76 bits per heavy atom. The predicted molar refractivity (Wildman–Crippen MR) is 72.9 cm³/mol. The highest BCUT2D eigenvalue weighted by Crippen LogP contribution is 2.24. The number of benzene rings is 1. The average molecular weight is 268 g/mol. The first-order chi connectivity index (χ1) is 8.29. The van der Waals surface area contributed by atoms with E-state index in [-0.39, 0.29) is 0 Å². The normalized spacial score (nSPS) is 10.5. The molecule has 2 aromatic rings. The van der Waals surface area contributed by atoms with Crippen LogP contribution in [0.25, 0.3) is 0 Å². The predicted octanol–water partition coefficient (Wildman–Crippen LogP) is 3.70. The van der Waals surface area contributed by atoms with Gasteiger partial charge in [-0.2, -0.15) is 0 Å². The third kappa shape index (κ3) is 3.46. The molecule has 0 fully saturated rings. The van der Waals surface area contributed by atoms with E-state index in [1.807, 2.05) is 37.4 Å². The first kappa shape index (κ1) is 12.4. The number of para-hydroxylation sites is 1. The van der Waals surface area contributed by atoms with E-state index < -0.39 is 0 Å². The summed E-state index contributed by atoms with van der Waals surface area (Å²) in [6.07, 6.45) is 0. The highest BCUT2D eigenvalue weighted by atomic mass is 35.5. The van der Waals surface area contributed by atoms with Crippen LogP contribution in [0.5, 0.6) is 5.75 Å². The summed E-state index contributed by atoms with van der Waals surface area (Å²) in [5.41, 5.74) is 1.16. The van der Waals surface area contributed by atoms with E-state index in [9.17, 15) is 0 Å². The van der Waals surface area contributed by atoms with Gasteiger partial charge in [-0.05, 0) is 25.2 Å². The number of hydrogen-bond acceptors (Lipinski definition) is 3. The molecule has 0 atom stereocenters. The van der Waals surface area contributed by atoms with Crippen molar-refractivity contribution < 1.29 is 4.74 Å². The zero-order chi connectivity index (χ0) is 12.1. The molecule has 0 amide bonds. The molecule has 0 aliphatic carbocycles. The molecule has 1 heterocycles. The zero-order valence-corrected chi connectivity index (χ0v) is 11.1. The van der Waals surface area contributed by atoms with Crippen LogP contribution >= 0.6 is 22.9 Å². The summed E-state index contributed by atoms with van der Waals surface area (Å²) in [4.78, 5) is 1.13. The number of ether oxygens (including phenoxy) is 1. The van der Waals surface area contributed by atoms with E-state index in [4.69, 9.17) is 16.3 Å². The van der Waals surface area contributed by atoms with Gasteiger partial charge >= 0.3 is 0 Å². The molecule has 90 valence electrons. The van der Waals surface area contributed by atoms with Gasteiger partial charge in [0.2, 0.25) is 0 Å². The molecule has 1 aromatic heterocycles. The molecule has 0 unspecified atom stereocenters. The number of rotatable bonds is 5. The Balaban J connectivity index is 2.03. The molecule has 0 aliphatic heterocycles. The molecular formula is C13H14ClNOS. The van der Waals surface area contributed by atoms with Crippen LogP contribution in [0, 0.1) is 0 Å². The Kier molecular flexibility index (Phi) is 4.42. The van der Waals surface area contributed by atoms with Crippen LogP contribution in [0.1, 0.15) is 10.4 Å². The average Bonchev–Trinajstić information content (AvgIpc) is 2.74. The van der Waals surface area contributed by atoms with Crippen LogP contribution in [0.15, 0.2) is 36.4 Å². The van der Waals surface area contributed by atoms with E-state index in [0.717, 1.165) is 27.1 Å². The Labute approximate surface area is 110 Å². The summed E-state index contributed by atoms with van der Waals surface area (Å²) in [6, 6.07) is 11.9. The summed E-state index contributed by atoms with van der Waals surface area (Å²) < 4.78 is 6.60. The van der Waals surface area contributed by atoms with Gasteiger partial charge in [0, 0.05) is 17.0 Å².